The lowest BCUT2D eigenvalue weighted by Crippen LogP contribution is -3.12. The van der Waals surface area contributed by atoms with Gasteiger partial charge in [-0.15, -0.1) is 11.3 Å². The molecule has 1 aromatic heterocycles. The van der Waals surface area contributed by atoms with E-state index in [0.717, 1.165) is 40.7 Å². The lowest BCUT2D eigenvalue weighted by Gasteiger charge is -2.25. The number of nitrogens with zero attached hydrogens (tertiary/aromatic N) is 2. The number of nitrogens with one attached hydrogen (secondary N) is 1. The van der Waals surface area contributed by atoms with Crippen LogP contribution in [0.1, 0.15) is 34.2 Å². The van der Waals surface area contributed by atoms with Crippen molar-refractivity contribution in [2.24, 2.45) is 0 Å². The SMILES string of the molecule is O=C1C(=O)N(C[NH+]2CCC[C@@H]2c2nc3ccccc3s2)c2ccc(F)cc21. The summed E-state index contributed by atoms with van der Waals surface area (Å²) in [5, 5.41) is 1.07. The van der Waals surface area contributed by atoms with Crippen LogP contribution in [0, 0.1) is 5.82 Å². The van der Waals surface area contributed by atoms with E-state index in [-0.39, 0.29) is 11.6 Å². The smallest absolute Gasteiger partial charge is 0.303 e. The second-order valence-electron chi connectivity index (χ2n) is 7.00. The fourth-order valence-corrected chi connectivity index (χ4v) is 5.23. The van der Waals surface area contributed by atoms with Crippen LogP contribution in [0.3, 0.4) is 0 Å². The van der Waals surface area contributed by atoms with Crippen molar-refractivity contribution in [2.75, 3.05) is 18.1 Å². The number of likely N-dealkylation sites (tertiary alicyclic amines) is 1. The number of anilines is 1. The van der Waals surface area contributed by atoms with Gasteiger partial charge in [0, 0.05) is 12.8 Å². The third kappa shape index (κ3) is 2.65. The fraction of sp³-hybridized carbons (Fsp3) is 0.250. The van der Waals surface area contributed by atoms with Gasteiger partial charge in [-0.05, 0) is 30.3 Å². The number of para-hydroxylation sites is 1. The zero-order chi connectivity index (χ0) is 18.5. The summed E-state index contributed by atoms with van der Waals surface area (Å²) in [5.74, 6) is -1.70. The number of aromatic nitrogens is 1. The Bertz CT molecular complexity index is 1050. The number of quaternary nitrogens is 1. The second-order valence-corrected chi connectivity index (χ2v) is 8.07. The molecule has 1 saturated heterocycles. The quantitative estimate of drug-likeness (QED) is 0.708. The van der Waals surface area contributed by atoms with Crippen molar-refractivity contribution in [1.29, 1.82) is 0 Å². The summed E-state index contributed by atoms with van der Waals surface area (Å²) in [6.45, 7) is 1.30. The summed E-state index contributed by atoms with van der Waals surface area (Å²) in [6.07, 6.45) is 2.05. The Morgan fingerprint density at radius 1 is 1.22 bits per heavy atom. The maximum atomic E-state index is 13.5. The Morgan fingerprint density at radius 2 is 2.07 bits per heavy atom. The topological polar surface area (TPSA) is 54.7 Å². The Labute approximate surface area is 159 Å². The largest absolute Gasteiger partial charge is 0.309 e. The molecule has 0 bridgehead atoms. The molecule has 5 nitrogen and oxygen atoms in total. The van der Waals surface area contributed by atoms with Crippen LogP contribution in [0.2, 0.25) is 0 Å². The maximum Gasteiger partial charge on any atom is 0.303 e. The third-order valence-electron chi connectivity index (χ3n) is 5.39. The van der Waals surface area contributed by atoms with Gasteiger partial charge < -0.3 is 4.90 Å². The first-order valence-corrected chi connectivity index (χ1v) is 9.79. The van der Waals surface area contributed by atoms with Crippen LogP contribution in [0.15, 0.2) is 42.5 Å². The van der Waals surface area contributed by atoms with Gasteiger partial charge in [-0.25, -0.2) is 9.37 Å². The van der Waals surface area contributed by atoms with Gasteiger partial charge in [-0.1, -0.05) is 12.1 Å². The average Bonchev–Trinajstić information content (AvgIpc) is 3.35. The van der Waals surface area contributed by atoms with E-state index < -0.39 is 17.5 Å². The molecule has 0 radical (unpaired) electrons. The molecule has 136 valence electrons. The van der Waals surface area contributed by atoms with E-state index in [2.05, 4.69) is 6.07 Å². The number of hydrogen-bond donors (Lipinski definition) is 1. The molecule has 2 aliphatic rings. The van der Waals surface area contributed by atoms with Crippen LogP contribution >= 0.6 is 11.3 Å². The lowest BCUT2D eigenvalue weighted by molar-refractivity contribution is -0.917. The lowest BCUT2D eigenvalue weighted by atomic mass is 10.1. The standard InChI is InChI=1S/C20H16FN3O2S/c21-12-7-8-15-13(10-12)18(25)20(26)24(15)11-23-9-3-5-16(23)19-22-14-4-1-2-6-17(14)27-19/h1-2,4,6-8,10,16H,3,5,9,11H2/p+1/t16-/m1/s1. The number of rotatable bonds is 3. The van der Waals surface area contributed by atoms with E-state index in [0.29, 0.717) is 12.4 Å². The molecule has 1 amide bonds. The molecular weight excluding hydrogens is 365 g/mol. The minimum Gasteiger partial charge on any atom is -0.309 e. The Hall–Kier alpha value is -2.64. The van der Waals surface area contributed by atoms with Gasteiger partial charge in [-0.3, -0.25) is 14.5 Å². The summed E-state index contributed by atoms with van der Waals surface area (Å²) in [7, 11) is 0. The van der Waals surface area contributed by atoms with E-state index in [9.17, 15) is 14.0 Å². The van der Waals surface area contributed by atoms with Crippen molar-refractivity contribution >= 4 is 38.9 Å². The van der Waals surface area contributed by atoms with Crippen LogP contribution < -0.4 is 9.80 Å². The zero-order valence-electron chi connectivity index (χ0n) is 14.4. The van der Waals surface area contributed by atoms with Crippen LogP contribution in [0.4, 0.5) is 10.1 Å². The predicted octanol–water partition coefficient (Wildman–Crippen LogP) is 2.34. The number of Topliss-reactive ketones (excluding diaryl/α,β-unsaturated/α-hetero) is 1. The van der Waals surface area contributed by atoms with Crippen molar-refractivity contribution in [1.82, 2.24) is 4.98 Å². The van der Waals surface area contributed by atoms with E-state index in [1.54, 1.807) is 11.3 Å². The molecule has 0 aliphatic carbocycles. The first kappa shape index (κ1) is 16.5. The number of halogens is 1. The number of fused-ring (bicyclic) bond motifs is 2. The van der Waals surface area contributed by atoms with Crippen molar-refractivity contribution in [2.45, 2.75) is 18.9 Å². The van der Waals surface area contributed by atoms with E-state index >= 15 is 0 Å². The minimum absolute atomic E-state index is 0.162. The van der Waals surface area contributed by atoms with Crippen molar-refractivity contribution in [3.8, 4) is 0 Å². The van der Waals surface area contributed by atoms with Gasteiger partial charge >= 0.3 is 5.91 Å². The summed E-state index contributed by atoms with van der Waals surface area (Å²) < 4.78 is 14.6. The predicted molar refractivity (Wildman–Crippen MR) is 101 cm³/mol. The summed E-state index contributed by atoms with van der Waals surface area (Å²) in [6, 6.07) is 12.2. The van der Waals surface area contributed by atoms with Gasteiger partial charge in [0.1, 0.15) is 11.9 Å². The number of carbonyl (C=O) groups excluding carboxylic acids is 2. The van der Waals surface area contributed by atoms with Gasteiger partial charge in [0.2, 0.25) is 0 Å². The molecule has 1 unspecified atom stereocenters. The van der Waals surface area contributed by atoms with Crippen LogP contribution in [-0.4, -0.2) is 29.9 Å². The Morgan fingerprint density at radius 3 is 2.93 bits per heavy atom. The van der Waals surface area contributed by atoms with Crippen LogP contribution in [0.25, 0.3) is 10.2 Å². The Balaban J connectivity index is 1.45. The average molecular weight is 382 g/mol. The summed E-state index contributed by atoms with van der Waals surface area (Å²) in [5.41, 5.74) is 1.67. The van der Waals surface area contributed by atoms with Crippen LogP contribution in [-0.2, 0) is 4.79 Å². The molecule has 1 fully saturated rings. The molecule has 27 heavy (non-hydrogen) atoms. The highest BCUT2D eigenvalue weighted by Crippen LogP contribution is 2.31. The number of thiazole rings is 1. The fourth-order valence-electron chi connectivity index (χ4n) is 4.07. The molecule has 2 atom stereocenters. The third-order valence-corrected chi connectivity index (χ3v) is 6.54. The first-order valence-electron chi connectivity index (χ1n) is 8.97. The maximum absolute atomic E-state index is 13.5. The van der Waals surface area contributed by atoms with Crippen molar-refractivity contribution in [3.63, 3.8) is 0 Å². The van der Waals surface area contributed by atoms with Crippen LogP contribution in [0.5, 0.6) is 0 Å². The van der Waals surface area contributed by atoms with Gasteiger partial charge in [0.15, 0.2) is 11.7 Å². The van der Waals surface area contributed by atoms with Gasteiger partial charge in [0.05, 0.1) is 28.0 Å². The normalized spacial score (nSPS) is 22.0. The molecule has 1 N–H and O–H groups in total. The minimum atomic E-state index is -0.625. The molecule has 0 saturated carbocycles. The summed E-state index contributed by atoms with van der Waals surface area (Å²) >= 11 is 1.69. The van der Waals surface area contributed by atoms with Crippen molar-refractivity contribution < 1.29 is 18.9 Å². The monoisotopic (exact) mass is 382 g/mol. The highest BCUT2D eigenvalue weighted by molar-refractivity contribution is 7.18. The second kappa shape index (κ2) is 6.21. The zero-order valence-corrected chi connectivity index (χ0v) is 15.3. The molecule has 0 spiro atoms. The molecule has 7 heteroatoms. The van der Waals surface area contributed by atoms with E-state index in [1.807, 2.05) is 18.2 Å². The van der Waals surface area contributed by atoms with Gasteiger partial charge in [-0.2, -0.15) is 0 Å². The molecule has 5 rings (SSSR count). The number of amides is 1. The number of ketones is 1. The highest BCUT2D eigenvalue weighted by Gasteiger charge is 2.41. The molecule has 3 heterocycles. The van der Waals surface area contributed by atoms with E-state index in [1.165, 1.54) is 21.9 Å². The summed E-state index contributed by atoms with van der Waals surface area (Å²) in [4.78, 5) is 32.2. The van der Waals surface area contributed by atoms with E-state index in [4.69, 9.17) is 4.98 Å². The molecule has 2 aromatic carbocycles. The highest BCUT2D eigenvalue weighted by atomic mass is 32.1. The molecule has 3 aromatic rings. The number of benzene rings is 2. The first-order chi connectivity index (χ1) is 13.1. The molecular formula is C20H17FN3O2S+. The molecule has 2 aliphatic heterocycles. The van der Waals surface area contributed by atoms with Gasteiger partial charge in [0.25, 0.3) is 5.78 Å². The Kier molecular flexibility index (Phi) is 3.80. The number of hydrogen-bond acceptors (Lipinski definition) is 4. The number of carbonyl (C=O) groups is 2. The van der Waals surface area contributed by atoms with Crippen molar-refractivity contribution in [3.05, 3.63) is 58.9 Å².